The quantitative estimate of drug-likeness (QED) is 0.0732. The minimum Gasteiger partial charge on any atom is -0.444 e. The van der Waals surface area contributed by atoms with Crippen LogP contribution in [0.3, 0.4) is 0 Å². The van der Waals surface area contributed by atoms with Crippen LogP contribution in [0.5, 0.6) is 0 Å². The second-order valence-electron chi connectivity index (χ2n) is 11.6. The van der Waals surface area contributed by atoms with Crippen molar-refractivity contribution in [3.63, 3.8) is 0 Å². The van der Waals surface area contributed by atoms with Gasteiger partial charge in [-0.25, -0.2) is 4.79 Å². The molecule has 0 N–H and O–H groups in total. The zero-order chi connectivity index (χ0) is 37.3. The first-order valence-corrected chi connectivity index (χ1v) is 18.7. The van der Waals surface area contributed by atoms with Gasteiger partial charge in [-0.2, -0.15) is 8.42 Å². The van der Waals surface area contributed by atoms with Crippen molar-refractivity contribution in [3.05, 3.63) is 30.3 Å². The summed E-state index contributed by atoms with van der Waals surface area (Å²) in [5, 5.41) is 0. The number of carbonyl (C=O) groups excluding carboxylic acids is 1. The average Bonchev–Trinajstić information content (AvgIpc) is 3.09. The van der Waals surface area contributed by atoms with Crippen molar-refractivity contribution in [3.8, 4) is 0 Å². The first kappa shape index (κ1) is 47.0. The second kappa shape index (κ2) is 31.5. The third-order valence-electron chi connectivity index (χ3n) is 6.12. The third kappa shape index (κ3) is 30.2. The molecule has 0 radical (unpaired) electrons. The zero-order valence-corrected chi connectivity index (χ0v) is 31.7. The number of rotatable bonds is 35. The number of amides is 1. The molecule has 0 heterocycles. The van der Waals surface area contributed by atoms with E-state index in [9.17, 15) is 13.2 Å². The Morgan fingerprint density at radius 2 is 0.804 bits per heavy atom. The van der Waals surface area contributed by atoms with Crippen LogP contribution in [0.15, 0.2) is 35.2 Å². The summed E-state index contributed by atoms with van der Waals surface area (Å²) in [4.78, 5) is 13.5. The highest BCUT2D eigenvalue weighted by atomic mass is 32.2. The summed E-state index contributed by atoms with van der Waals surface area (Å²) in [5.74, 6) is 0. The van der Waals surface area contributed by atoms with Crippen LogP contribution in [0.2, 0.25) is 0 Å². The molecule has 0 aliphatic rings. The molecule has 1 rings (SSSR count). The molecule has 1 aromatic rings. The van der Waals surface area contributed by atoms with Gasteiger partial charge in [-0.3, -0.25) is 4.18 Å². The number of benzene rings is 1. The lowest BCUT2D eigenvalue weighted by molar-refractivity contribution is -0.0269. The summed E-state index contributed by atoms with van der Waals surface area (Å²) < 4.78 is 88.6. The highest BCUT2D eigenvalue weighted by molar-refractivity contribution is 7.86. The summed E-state index contributed by atoms with van der Waals surface area (Å²) in [7, 11) is -2.09. The Hall–Kier alpha value is -2.00. The molecule has 0 aromatic heterocycles. The van der Waals surface area contributed by atoms with Crippen molar-refractivity contribution in [2.45, 2.75) is 31.3 Å². The lowest BCUT2D eigenvalue weighted by Crippen LogP contribution is -2.36. The largest absolute Gasteiger partial charge is 0.444 e. The van der Waals surface area contributed by atoms with Gasteiger partial charge in [0, 0.05) is 13.6 Å². The first-order valence-electron chi connectivity index (χ1n) is 17.3. The van der Waals surface area contributed by atoms with E-state index < -0.39 is 15.7 Å². The molecule has 16 nitrogen and oxygen atoms in total. The van der Waals surface area contributed by atoms with Crippen molar-refractivity contribution < 1.29 is 69.5 Å². The van der Waals surface area contributed by atoms with Crippen molar-refractivity contribution in [2.75, 3.05) is 152 Å². The van der Waals surface area contributed by atoms with E-state index >= 15 is 0 Å². The van der Waals surface area contributed by atoms with E-state index in [2.05, 4.69) is 0 Å². The van der Waals surface area contributed by atoms with Gasteiger partial charge in [0.2, 0.25) is 0 Å². The van der Waals surface area contributed by atoms with Crippen LogP contribution in [0.4, 0.5) is 4.79 Å². The standard InChI is InChI=1S/C34H61NO15S/c1-34(2,3)50-33(36)35(4)10-11-39-12-13-40-14-15-41-16-17-42-18-19-43-20-21-44-22-23-45-24-25-46-26-27-47-28-29-48-30-31-49-51(37,38)32-8-6-5-7-9-32/h5-9H,10-31H2,1-4H3. The fraction of sp³-hybridized carbons (Fsp3) is 0.794. The number of hydrogen-bond acceptors (Lipinski definition) is 15. The highest BCUT2D eigenvalue weighted by Gasteiger charge is 2.19. The van der Waals surface area contributed by atoms with Crippen LogP contribution in [0.25, 0.3) is 0 Å². The summed E-state index contributed by atoms with van der Waals surface area (Å²) in [6, 6.07) is 7.96. The van der Waals surface area contributed by atoms with E-state index in [1.54, 1.807) is 25.2 Å². The summed E-state index contributed by atoms with van der Waals surface area (Å²) in [5.41, 5.74) is -0.517. The van der Waals surface area contributed by atoms with Gasteiger partial charge in [0.25, 0.3) is 10.1 Å². The predicted molar refractivity (Wildman–Crippen MR) is 187 cm³/mol. The molecule has 51 heavy (non-hydrogen) atoms. The summed E-state index contributed by atoms with van der Waals surface area (Å²) in [6.07, 6.45) is -0.371. The molecule has 298 valence electrons. The molecule has 0 unspecified atom stereocenters. The minimum atomic E-state index is -3.76. The number of carbonyl (C=O) groups is 1. The average molecular weight is 756 g/mol. The normalized spacial score (nSPS) is 12.0. The number of hydrogen-bond donors (Lipinski definition) is 0. The molecule has 17 heteroatoms. The Morgan fingerprint density at radius 1 is 0.510 bits per heavy atom. The van der Waals surface area contributed by atoms with E-state index in [-0.39, 0.29) is 24.2 Å². The fourth-order valence-electron chi connectivity index (χ4n) is 3.57. The second-order valence-corrected chi connectivity index (χ2v) is 13.2. The maximum absolute atomic E-state index is 12.0. The number of nitrogens with zero attached hydrogens (tertiary/aromatic N) is 1. The van der Waals surface area contributed by atoms with Crippen LogP contribution in [-0.4, -0.2) is 177 Å². The van der Waals surface area contributed by atoms with Gasteiger partial charge >= 0.3 is 6.09 Å². The van der Waals surface area contributed by atoms with Crippen molar-refractivity contribution in [1.29, 1.82) is 0 Å². The molecular weight excluding hydrogens is 694 g/mol. The van der Waals surface area contributed by atoms with Gasteiger partial charge in [0.1, 0.15) is 5.60 Å². The lowest BCUT2D eigenvalue weighted by atomic mass is 10.2. The van der Waals surface area contributed by atoms with Gasteiger partial charge in [0.15, 0.2) is 0 Å². The molecule has 0 saturated heterocycles. The molecule has 0 saturated carbocycles. The van der Waals surface area contributed by atoms with Gasteiger partial charge in [0.05, 0.1) is 144 Å². The summed E-state index contributed by atoms with van der Waals surface area (Å²) in [6.45, 7) is 14.4. The molecule has 0 atom stereocenters. The van der Waals surface area contributed by atoms with Crippen LogP contribution in [0.1, 0.15) is 20.8 Å². The first-order chi connectivity index (χ1) is 24.6. The highest BCUT2D eigenvalue weighted by Crippen LogP contribution is 2.11. The maximum Gasteiger partial charge on any atom is 0.410 e. The van der Waals surface area contributed by atoms with Crippen LogP contribution < -0.4 is 0 Å². The van der Waals surface area contributed by atoms with Crippen LogP contribution in [-0.2, 0) is 66.4 Å². The van der Waals surface area contributed by atoms with Gasteiger partial charge in [-0.15, -0.1) is 0 Å². The third-order valence-corrected chi connectivity index (χ3v) is 7.45. The lowest BCUT2D eigenvalue weighted by Gasteiger charge is -2.24. The Morgan fingerprint density at radius 3 is 1.12 bits per heavy atom. The molecule has 0 bridgehead atoms. The van der Waals surface area contributed by atoms with Crippen molar-refractivity contribution in [1.82, 2.24) is 4.90 Å². The topological polar surface area (TPSA) is 165 Å². The smallest absolute Gasteiger partial charge is 0.410 e. The maximum atomic E-state index is 12.0. The Balaban J connectivity index is 1.69. The molecule has 0 aliphatic carbocycles. The molecule has 1 aromatic carbocycles. The van der Waals surface area contributed by atoms with Crippen molar-refractivity contribution >= 4 is 16.2 Å². The SMILES string of the molecule is CN(CCOCCOCCOCCOCCOCCOCCOCCOCCOCCOCCOS(=O)(=O)c1ccccc1)C(=O)OC(C)(C)C. The molecular formula is C34H61NO15S. The fourth-order valence-corrected chi connectivity index (χ4v) is 4.49. The minimum absolute atomic E-state index is 0.0635. The molecule has 0 spiro atoms. The Labute approximate surface area is 304 Å². The van der Waals surface area contributed by atoms with Crippen LogP contribution in [0, 0.1) is 0 Å². The van der Waals surface area contributed by atoms with Gasteiger partial charge < -0.3 is 57.0 Å². The monoisotopic (exact) mass is 755 g/mol. The van der Waals surface area contributed by atoms with Gasteiger partial charge in [-0.1, -0.05) is 18.2 Å². The molecule has 0 aliphatic heterocycles. The van der Waals surface area contributed by atoms with Gasteiger partial charge in [-0.05, 0) is 32.9 Å². The van der Waals surface area contributed by atoms with Crippen molar-refractivity contribution in [2.24, 2.45) is 0 Å². The zero-order valence-electron chi connectivity index (χ0n) is 30.9. The van der Waals surface area contributed by atoms with Crippen LogP contribution >= 0.6 is 0 Å². The predicted octanol–water partition coefficient (Wildman–Crippen LogP) is 2.42. The van der Waals surface area contributed by atoms with E-state index in [4.69, 9.17) is 56.3 Å². The van der Waals surface area contributed by atoms with E-state index in [0.717, 1.165) is 0 Å². The number of ether oxygens (including phenoxy) is 11. The molecule has 1 amide bonds. The Kier molecular flexibility index (Phi) is 29.1. The molecule has 0 fully saturated rings. The summed E-state index contributed by atoms with van der Waals surface area (Å²) >= 11 is 0. The van der Waals surface area contributed by atoms with E-state index in [1.807, 2.05) is 20.8 Å². The Bertz CT molecular complexity index is 1040. The van der Waals surface area contributed by atoms with E-state index in [1.165, 1.54) is 17.0 Å². The van der Waals surface area contributed by atoms with E-state index in [0.29, 0.717) is 132 Å². The number of likely N-dealkylation sites (N-methyl/N-ethyl adjacent to an activating group) is 1.